The molecule has 6 nitrogen and oxygen atoms in total. The summed E-state index contributed by atoms with van der Waals surface area (Å²) in [5, 5.41) is 3.20. The Morgan fingerprint density at radius 2 is 2.07 bits per heavy atom. The van der Waals surface area contributed by atoms with Crippen LogP contribution < -0.4 is 5.56 Å². The summed E-state index contributed by atoms with van der Waals surface area (Å²) in [6, 6.07) is 12.4. The number of nitrogens with one attached hydrogen (secondary N) is 1. The molecule has 0 saturated heterocycles. The predicted molar refractivity (Wildman–Crippen MR) is 114 cm³/mol. The smallest absolute Gasteiger partial charge is 0.277 e. The molecule has 1 aliphatic heterocycles. The zero-order valence-corrected chi connectivity index (χ0v) is 17.3. The first-order valence-electron chi connectivity index (χ1n) is 9.65. The Morgan fingerprint density at radius 1 is 1.24 bits per heavy atom. The highest BCUT2D eigenvalue weighted by Crippen LogP contribution is 2.25. The number of H-pyrrole nitrogens is 1. The molecule has 1 aromatic carbocycles. The quantitative estimate of drug-likeness (QED) is 0.521. The monoisotopic (exact) mass is 406 g/mol. The Morgan fingerprint density at radius 3 is 2.79 bits per heavy atom. The molecule has 0 bridgehead atoms. The summed E-state index contributed by atoms with van der Waals surface area (Å²) < 4.78 is 6.95. The maximum Gasteiger partial charge on any atom is 0.277 e. The van der Waals surface area contributed by atoms with Gasteiger partial charge in [-0.05, 0) is 36.9 Å². The molecular weight excluding hydrogens is 384 g/mol. The third kappa shape index (κ3) is 3.30. The molecule has 0 atom stereocenters. The SMILES string of the molecule is CSc1ccc(CN2CCc3nc4cc(-c5ccoc5C)[nH]n4c(=O)c3C2)cc1. The van der Waals surface area contributed by atoms with Crippen molar-refractivity contribution in [2.24, 2.45) is 0 Å². The van der Waals surface area contributed by atoms with Crippen molar-refractivity contribution in [2.45, 2.75) is 31.3 Å². The van der Waals surface area contributed by atoms with Crippen LogP contribution in [0.1, 0.15) is 22.6 Å². The summed E-state index contributed by atoms with van der Waals surface area (Å²) >= 11 is 1.74. The van der Waals surface area contributed by atoms with Crippen LogP contribution in [0, 0.1) is 6.92 Å². The molecule has 148 valence electrons. The van der Waals surface area contributed by atoms with Crippen LogP contribution in [0.4, 0.5) is 0 Å². The molecule has 29 heavy (non-hydrogen) atoms. The van der Waals surface area contributed by atoms with Crippen molar-refractivity contribution in [1.29, 1.82) is 0 Å². The Kier molecular flexibility index (Phi) is 4.56. The highest BCUT2D eigenvalue weighted by atomic mass is 32.2. The average Bonchev–Trinajstić information content (AvgIpc) is 3.35. The minimum absolute atomic E-state index is 0.0140. The molecule has 5 rings (SSSR count). The van der Waals surface area contributed by atoms with Crippen molar-refractivity contribution in [3.05, 3.63) is 75.6 Å². The van der Waals surface area contributed by atoms with E-state index in [1.165, 1.54) is 10.5 Å². The van der Waals surface area contributed by atoms with E-state index in [4.69, 9.17) is 9.40 Å². The van der Waals surface area contributed by atoms with E-state index in [1.54, 1.807) is 22.5 Å². The molecule has 0 radical (unpaired) electrons. The van der Waals surface area contributed by atoms with E-state index in [0.29, 0.717) is 12.2 Å². The standard InChI is InChI=1S/C22H22N4O2S/c1-14-17(8-10-28-14)20-11-21-23-19-7-9-25(13-18(19)22(27)26(21)24-20)12-15-3-5-16(29-2)6-4-15/h3-6,8,10-11,24H,7,9,12-13H2,1-2H3. The second-order valence-electron chi connectivity index (χ2n) is 7.40. The van der Waals surface area contributed by atoms with Crippen molar-refractivity contribution in [2.75, 3.05) is 12.8 Å². The Balaban J connectivity index is 1.45. The maximum absolute atomic E-state index is 13.2. The van der Waals surface area contributed by atoms with Gasteiger partial charge in [0.15, 0.2) is 5.65 Å². The largest absolute Gasteiger partial charge is 0.469 e. The highest BCUT2D eigenvalue weighted by molar-refractivity contribution is 7.98. The minimum Gasteiger partial charge on any atom is -0.469 e. The van der Waals surface area contributed by atoms with E-state index in [-0.39, 0.29) is 5.56 Å². The number of hydrogen-bond donors (Lipinski definition) is 1. The molecule has 0 aliphatic carbocycles. The van der Waals surface area contributed by atoms with Crippen LogP contribution in [0.2, 0.25) is 0 Å². The number of nitrogens with zero attached hydrogens (tertiary/aromatic N) is 3. The molecule has 3 aromatic heterocycles. The Bertz CT molecular complexity index is 1240. The minimum atomic E-state index is -0.0140. The van der Waals surface area contributed by atoms with Crippen molar-refractivity contribution in [3.63, 3.8) is 0 Å². The fraction of sp³-hybridized carbons (Fsp3) is 0.273. The number of aromatic amines is 1. The molecule has 1 aliphatic rings. The zero-order valence-electron chi connectivity index (χ0n) is 16.4. The van der Waals surface area contributed by atoms with Crippen molar-refractivity contribution < 1.29 is 4.42 Å². The van der Waals surface area contributed by atoms with Gasteiger partial charge in [-0.2, -0.15) is 0 Å². The van der Waals surface area contributed by atoms with Gasteiger partial charge >= 0.3 is 0 Å². The molecule has 0 fully saturated rings. The van der Waals surface area contributed by atoms with Gasteiger partial charge in [-0.15, -0.1) is 11.8 Å². The van der Waals surface area contributed by atoms with Crippen LogP contribution in [-0.2, 0) is 19.5 Å². The predicted octanol–water partition coefficient (Wildman–Crippen LogP) is 3.87. The first kappa shape index (κ1) is 18.3. The van der Waals surface area contributed by atoms with Gasteiger partial charge in [0.25, 0.3) is 5.56 Å². The van der Waals surface area contributed by atoms with Gasteiger partial charge < -0.3 is 4.42 Å². The molecule has 7 heteroatoms. The number of fused-ring (bicyclic) bond motifs is 2. The summed E-state index contributed by atoms with van der Waals surface area (Å²) in [6.07, 6.45) is 4.52. The number of aryl methyl sites for hydroxylation is 1. The molecule has 1 N–H and O–H groups in total. The number of benzene rings is 1. The van der Waals surface area contributed by atoms with Gasteiger partial charge in [0.2, 0.25) is 0 Å². The highest BCUT2D eigenvalue weighted by Gasteiger charge is 2.23. The maximum atomic E-state index is 13.2. The second-order valence-corrected chi connectivity index (χ2v) is 8.28. The second kappa shape index (κ2) is 7.24. The summed E-state index contributed by atoms with van der Waals surface area (Å²) in [5.41, 5.74) is 5.39. The molecular formula is C22H22N4O2S. The lowest BCUT2D eigenvalue weighted by Gasteiger charge is -2.27. The molecule has 0 amide bonds. The van der Waals surface area contributed by atoms with Crippen molar-refractivity contribution >= 4 is 17.4 Å². The Labute approximate surface area is 172 Å². The number of hydrogen-bond acceptors (Lipinski definition) is 5. The van der Waals surface area contributed by atoms with E-state index < -0.39 is 0 Å². The van der Waals surface area contributed by atoms with Crippen LogP contribution in [0.25, 0.3) is 16.9 Å². The number of thioether (sulfide) groups is 1. The van der Waals surface area contributed by atoms with E-state index >= 15 is 0 Å². The van der Waals surface area contributed by atoms with Crippen LogP contribution in [0.3, 0.4) is 0 Å². The summed E-state index contributed by atoms with van der Waals surface area (Å²) in [7, 11) is 0. The average molecular weight is 407 g/mol. The molecule has 0 spiro atoms. The molecule has 4 heterocycles. The number of furan rings is 1. The summed E-state index contributed by atoms with van der Waals surface area (Å²) in [5.74, 6) is 0.813. The van der Waals surface area contributed by atoms with Crippen LogP contribution in [0.15, 0.2) is 56.8 Å². The number of rotatable bonds is 4. The van der Waals surface area contributed by atoms with E-state index in [9.17, 15) is 4.79 Å². The number of aromatic nitrogens is 3. The molecule has 0 unspecified atom stereocenters. The summed E-state index contributed by atoms with van der Waals surface area (Å²) in [4.78, 5) is 21.5. The topological polar surface area (TPSA) is 66.5 Å². The fourth-order valence-corrected chi connectivity index (χ4v) is 4.37. The van der Waals surface area contributed by atoms with Gasteiger partial charge in [0.05, 0.1) is 23.2 Å². The van der Waals surface area contributed by atoms with Crippen molar-refractivity contribution in [1.82, 2.24) is 19.5 Å². The van der Waals surface area contributed by atoms with Gasteiger partial charge in [-0.3, -0.25) is 14.8 Å². The van der Waals surface area contributed by atoms with Crippen LogP contribution in [-0.4, -0.2) is 32.3 Å². The van der Waals surface area contributed by atoms with Crippen LogP contribution >= 0.6 is 11.8 Å². The van der Waals surface area contributed by atoms with Gasteiger partial charge in [-0.25, -0.2) is 9.50 Å². The molecule has 0 saturated carbocycles. The van der Waals surface area contributed by atoms with E-state index in [0.717, 1.165) is 47.8 Å². The van der Waals surface area contributed by atoms with Gasteiger partial charge in [0, 0.05) is 42.6 Å². The van der Waals surface area contributed by atoms with Crippen LogP contribution in [0.5, 0.6) is 0 Å². The normalized spacial score (nSPS) is 14.4. The lowest BCUT2D eigenvalue weighted by Crippen LogP contribution is -2.36. The first-order chi connectivity index (χ1) is 14.1. The molecule has 4 aromatic rings. The van der Waals surface area contributed by atoms with Crippen molar-refractivity contribution in [3.8, 4) is 11.3 Å². The van der Waals surface area contributed by atoms with Gasteiger partial charge in [-0.1, -0.05) is 12.1 Å². The lowest BCUT2D eigenvalue weighted by atomic mass is 10.1. The first-order valence-corrected chi connectivity index (χ1v) is 10.9. The zero-order chi connectivity index (χ0) is 20.0. The summed E-state index contributed by atoms with van der Waals surface area (Å²) in [6.45, 7) is 4.26. The van der Waals surface area contributed by atoms with Gasteiger partial charge in [0.1, 0.15) is 5.76 Å². The third-order valence-electron chi connectivity index (χ3n) is 5.55. The lowest BCUT2D eigenvalue weighted by molar-refractivity contribution is 0.241. The van der Waals surface area contributed by atoms with E-state index in [2.05, 4.69) is 40.5 Å². The van der Waals surface area contributed by atoms with E-state index in [1.807, 2.05) is 19.1 Å². The fourth-order valence-electron chi connectivity index (χ4n) is 3.96. The Hall–Kier alpha value is -2.77. The third-order valence-corrected chi connectivity index (χ3v) is 6.30.